The molecule has 2 fully saturated rings. The molecule has 7 heteroatoms. The number of carbonyl (C=O) groups is 1. The number of likely N-dealkylation sites (tertiary alicyclic amines) is 2. The fourth-order valence-electron chi connectivity index (χ4n) is 5.13. The van der Waals surface area contributed by atoms with Gasteiger partial charge in [-0.2, -0.15) is 0 Å². The Balaban J connectivity index is 1.20. The van der Waals surface area contributed by atoms with Crippen molar-refractivity contribution in [2.45, 2.75) is 44.1 Å². The summed E-state index contributed by atoms with van der Waals surface area (Å²) in [6.45, 7) is 4.40. The molecule has 1 amide bonds. The number of rotatable bonds is 4. The molecule has 0 saturated carbocycles. The summed E-state index contributed by atoms with van der Waals surface area (Å²) in [5.41, 5.74) is 0. The number of nitrogens with one attached hydrogen (secondary N) is 1. The summed E-state index contributed by atoms with van der Waals surface area (Å²) >= 11 is 0. The van der Waals surface area contributed by atoms with Gasteiger partial charge in [-0.15, -0.1) is 0 Å². The fraction of sp³-hybridized carbons (Fsp3) is 0.542. The van der Waals surface area contributed by atoms with Crippen LogP contribution in [0.1, 0.15) is 43.8 Å². The predicted octanol–water partition coefficient (Wildman–Crippen LogP) is 1.56. The van der Waals surface area contributed by atoms with E-state index in [0.29, 0.717) is 11.9 Å². The quantitative estimate of drug-likeness (QED) is 0.808. The third-order valence-corrected chi connectivity index (χ3v) is 7.11. The maximum atomic E-state index is 12.9. The Morgan fingerprint density at radius 3 is 2.65 bits per heavy atom. The molecule has 2 aromatic heterocycles. The minimum atomic E-state index is 0.0674. The molecule has 2 saturated heterocycles. The van der Waals surface area contributed by atoms with Crippen molar-refractivity contribution in [3.63, 3.8) is 0 Å². The molecule has 1 unspecified atom stereocenters. The van der Waals surface area contributed by atoms with E-state index < -0.39 is 0 Å². The van der Waals surface area contributed by atoms with Crippen LogP contribution in [0, 0.1) is 5.92 Å². The first-order valence-corrected chi connectivity index (χ1v) is 11.5. The molecule has 1 atom stereocenters. The highest BCUT2D eigenvalue weighted by atomic mass is 16.3. The second kappa shape index (κ2) is 8.93. The number of amides is 1. The van der Waals surface area contributed by atoms with Crippen LogP contribution in [0.2, 0.25) is 0 Å². The number of oxazole rings is 1. The molecule has 1 N–H and O–H groups in total. The Labute approximate surface area is 182 Å². The van der Waals surface area contributed by atoms with E-state index in [2.05, 4.69) is 44.3 Å². The molecule has 164 valence electrons. The molecular weight excluding hydrogens is 390 g/mol. The Hall–Kier alpha value is -2.51. The maximum absolute atomic E-state index is 12.9. The number of hydrogen-bond donors (Lipinski definition) is 1. The first-order valence-electron chi connectivity index (χ1n) is 11.5. The van der Waals surface area contributed by atoms with Crippen molar-refractivity contribution in [2.24, 2.45) is 5.92 Å². The lowest BCUT2D eigenvalue weighted by Gasteiger charge is -2.40. The molecule has 4 heterocycles. The largest absolute Gasteiger partial charge is 0.448 e. The van der Waals surface area contributed by atoms with E-state index in [0.717, 1.165) is 48.5 Å². The third kappa shape index (κ3) is 4.57. The van der Waals surface area contributed by atoms with Gasteiger partial charge in [0.25, 0.3) is 0 Å². The van der Waals surface area contributed by atoms with Crippen LogP contribution in [0.5, 0.6) is 0 Å². The second-order valence-corrected chi connectivity index (χ2v) is 9.15. The van der Waals surface area contributed by atoms with E-state index in [-0.39, 0.29) is 17.7 Å². The van der Waals surface area contributed by atoms with Crippen LogP contribution in [0.3, 0.4) is 0 Å². The standard InChI is InChI=1S/C24H31N5O2/c1-28-8-6-21(7-9-28)29-10-4-17(5-11-29)24(30)27-23-13-20-12-18(22-15-25-16-31-22)2-3-19(20)14-26-23/h3,12-18,21H,2,4-11H2,1H3,(H,27,30). The summed E-state index contributed by atoms with van der Waals surface area (Å²) in [5.74, 6) is 1.83. The van der Waals surface area contributed by atoms with Crippen LogP contribution >= 0.6 is 0 Å². The Morgan fingerprint density at radius 1 is 1.10 bits per heavy atom. The van der Waals surface area contributed by atoms with Gasteiger partial charge >= 0.3 is 0 Å². The molecule has 0 radical (unpaired) electrons. The highest BCUT2D eigenvalue weighted by molar-refractivity contribution is 5.91. The normalized spacial score (nSPS) is 23.6. The number of pyridine rings is 1. The van der Waals surface area contributed by atoms with Gasteiger partial charge in [-0.25, -0.2) is 9.97 Å². The first-order chi connectivity index (χ1) is 15.2. The van der Waals surface area contributed by atoms with Crippen molar-refractivity contribution in [3.8, 4) is 0 Å². The van der Waals surface area contributed by atoms with Crippen molar-refractivity contribution >= 4 is 23.9 Å². The van der Waals surface area contributed by atoms with Crippen LogP contribution in [-0.2, 0) is 4.79 Å². The Bertz CT molecular complexity index is 1020. The monoisotopic (exact) mass is 421 g/mol. The Kier molecular flexibility index (Phi) is 5.87. The summed E-state index contributed by atoms with van der Waals surface area (Å²) in [6.07, 6.45) is 14.6. The van der Waals surface area contributed by atoms with Crippen LogP contribution in [0.25, 0.3) is 12.2 Å². The highest BCUT2D eigenvalue weighted by Crippen LogP contribution is 2.25. The lowest BCUT2D eigenvalue weighted by molar-refractivity contribution is -0.121. The van der Waals surface area contributed by atoms with Crippen LogP contribution in [0.4, 0.5) is 5.82 Å². The molecule has 2 aromatic rings. The van der Waals surface area contributed by atoms with E-state index in [1.807, 2.05) is 12.3 Å². The Morgan fingerprint density at radius 2 is 1.90 bits per heavy atom. The third-order valence-electron chi connectivity index (χ3n) is 7.11. The van der Waals surface area contributed by atoms with Gasteiger partial charge in [0.15, 0.2) is 6.39 Å². The van der Waals surface area contributed by atoms with E-state index in [4.69, 9.17) is 4.42 Å². The predicted molar refractivity (Wildman–Crippen MR) is 120 cm³/mol. The van der Waals surface area contributed by atoms with Gasteiger partial charge in [-0.1, -0.05) is 12.2 Å². The van der Waals surface area contributed by atoms with Crippen LogP contribution in [-0.4, -0.2) is 64.9 Å². The molecule has 2 aliphatic heterocycles. The van der Waals surface area contributed by atoms with Crippen LogP contribution in [0.15, 0.2) is 29.3 Å². The number of aromatic nitrogens is 2. The summed E-state index contributed by atoms with van der Waals surface area (Å²) in [4.78, 5) is 26.4. The number of carbonyl (C=O) groups excluding carboxylic acids is 1. The van der Waals surface area contributed by atoms with Gasteiger partial charge in [0.1, 0.15) is 11.6 Å². The van der Waals surface area contributed by atoms with Gasteiger partial charge in [0, 0.05) is 24.1 Å². The SMILES string of the molecule is CN1CCC(N2CCC(C(=O)Nc3cc4c(cn3)=CCC(c3cnco3)C=4)CC2)CC1. The second-order valence-electron chi connectivity index (χ2n) is 9.15. The number of hydrogen-bond acceptors (Lipinski definition) is 6. The van der Waals surface area contributed by atoms with Crippen molar-refractivity contribution in [3.05, 3.63) is 41.1 Å². The lowest BCUT2D eigenvalue weighted by Crippen LogP contribution is -2.48. The van der Waals surface area contributed by atoms with E-state index in [1.165, 1.54) is 32.3 Å². The summed E-state index contributed by atoms with van der Waals surface area (Å²) in [6, 6.07) is 2.66. The zero-order valence-electron chi connectivity index (χ0n) is 18.2. The summed E-state index contributed by atoms with van der Waals surface area (Å²) in [5, 5.41) is 5.24. The van der Waals surface area contributed by atoms with E-state index >= 15 is 0 Å². The van der Waals surface area contributed by atoms with Crippen molar-refractivity contribution in [1.82, 2.24) is 19.8 Å². The van der Waals surface area contributed by atoms with Crippen LogP contribution < -0.4 is 15.8 Å². The van der Waals surface area contributed by atoms with Gasteiger partial charge in [0.05, 0.1) is 6.20 Å². The number of anilines is 1. The molecule has 0 bridgehead atoms. The van der Waals surface area contributed by atoms with Crippen molar-refractivity contribution < 1.29 is 9.21 Å². The van der Waals surface area contributed by atoms with Gasteiger partial charge in [-0.3, -0.25) is 4.79 Å². The maximum Gasteiger partial charge on any atom is 0.228 e. The highest BCUT2D eigenvalue weighted by Gasteiger charge is 2.30. The summed E-state index contributed by atoms with van der Waals surface area (Å²) < 4.78 is 5.47. The van der Waals surface area contributed by atoms with Crippen molar-refractivity contribution in [1.29, 1.82) is 0 Å². The number of piperidine rings is 2. The molecule has 5 rings (SSSR count). The number of fused-ring (bicyclic) bond motifs is 1. The van der Waals surface area contributed by atoms with Gasteiger partial charge in [-0.05, 0) is 81.8 Å². The smallest absolute Gasteiger partial charge is 0.228 e. The number of nitrogens with zero attached hydrogens (tertiary/aromatic N) is 4. The minimum Gasteiger partial charge on any atom is -0.448 e. The average Bonchev–Trinajstić information content (AvgIpc) is 3.34. The fourth-order valence-corrected chi connectivity index (χ4v) is 5.13. The lowest BCUT2D eigenvalue weighted by atomic mass is 9.93. The molecule has 0 aromatic carbocycles. The zero-order valence-corrected chi connectivity index (χ0v) is 18.2. The molecule has 1 aliphatic carbocycles. The van der Waals surface area contributed by atoms with Crippen molar-refractivity contribution in [2.75, 3.05) is 38.5 Å². The summed E-state index contributed by atoms with van der Waals surface area (Å²) in [7, 11) is 2.20. The molecule has 3 aliphatic rings. The topological polar surface area (TPSA) is 74.5 Å². The van der Waals surface area contributed by atoms with E-state index in [1.54, 1.807) is 6.20 Å². The van der Waals surface area contributed by atoms with E-state index in [9.17, 15) is 4.79 Å². The molecule has 0 spiro atoms. The van der Waals surface area contributed by atoms with Gasteiger partial charge in [0.2, 0.25) is 5.91 Å². The minimum absolute atomic E-state index is 0.0674. The molecule has 31 heavy (non-hydrogen) atoms. The zero-order chi connectivity index (χ0) is 21.2. The average molecular weight is 422 g/mol. The molecule has 7 nitrogen and oxygen atoms in total. The first kappa shape index (κ1) is 20.4. The molecular formula is C24H31N5O2. The van der Waals surface area contributed by atoms with Gasteiger partial charge < -0.3 is 19.5 Å².